The molecule has 1 saturated heterocycles. The summed E-state index contributed by atoms with van der Waals surface area (Å²) >= 11 is 1.52. The van der Waals surface area contributed by atoms with Crippen molar-refractivity contribution in [3.05, 3.63) is 53.7 Å². The zero-order valence-corrected chi connectivity index (χ0v) is 15.4. The van der Waals surface area contributed by atoms with Crippen LogP contribution in [-0.4, -0.2) is 30.8 Å². The van der Waals surface area contributed by atoms with Crippen LogP contribution in [0, 0.1) is 11.3 Å². The van der Waals surface area contributed by atoms with Crippen molar-refractivity contribution in [1.82, 2.24) is 9.29 Å². The Morgan fingerprint density at radius 2 is 1.96 bits per heavy atom. The van der Waals surface area contributed by atoms with E-state index in [9.17, 15) is 8.42 Å². The number of rotatable bonds is 5. The first-order chi connectivity index (χ1) is 12.1. The monoisotopic (exact) mass is 373 g/mol. The topological polar surface area (TPSA) is 74.1 Å². The van der Waals surface area contributed by atoms with Crippen molar-refractivity contribution >= 4 is 21.8 Å². The Hall–Kier alpha value is -1.88. The fraction of sp³-hybridized carbons (Fsp3) is 0.333. The summed E-state index contributed by atoms with van der Waals surface area (Å²) in [5, 5.41) is 9.70. The quantitative estimate of drug-likeness (QED) is 0.751. The molecule has 0 amide bonds. The van der Waals surface area contributed by atoms with Crippen LogP contribution in [-0.2, 0) is 15.8 Å². The molecule has 0 saturated carbocycles. The first-order valence-corrected chi connectivity index (χ1v) is 10.6. The predicted octanol–water partition coefficient (Wildman–Crippen LogP) is 3.42. The zero-order chi connectivity index (χ0) is 17.7. The van der Waals surface area contributed by atoms with Crippen LogP contribution < -0.4 is 0 Å². The van der Waals surface area contributed by atoms with Gasteiger partial charge in [-0.15, -0.1) is 11.8 Å². The van der Waals surface area contributed by atoms with E-state index in [0.29, 0.717) is 24.4 Å². The van der Waals surface area contributed by atoms with Crippen LogP contribution in [0.5, 0.6) is 0 Å². The Kier molecular flexibility index (Phi) is 5.74. The molecule has 0 spiro atoms. The van der Waals surface area contributed by atoms with Gasteiger partial charge in [0.05, 0.1) is 16.7 Å². The van der Waals surface area contributed by atoms with E-state index in [1.165, 1.54) is 18.0 Å². The van der Waals surface area contributed by atoms with Gasteiger partial charge in [0.15, 0.2) is 0 Å². The van der Waals surface area contributed by atoms with Gasteiger partial charge < -0.3 is 0 Å². The second-order valence-electron chi connectivity index (χ2n) is 5.90. The fourth-order valence-electron chi connectivity index (χ4n) is 2.75. The van der Waals surface area contributed by atoms with E-state index in [-0.39, 0.29) is 4.90 Å². The third-order valence-electron chi connectivity index (χ3n) is 4.10. The molecule has 2 aromatic rings. The molecule has 0 atom stereocenters. The SMILES string of the molecule is N#Cc1cccc(CSc2ccc(S(=O)(=O)N3CCCCC3)cn2)c1. The number of piperidine rings is 1. The number of benzene rings is 1. The molecule has 25 heavy (non-hydrogen) atoms. The molecular weight excluding hydrogens is 354 g/mol. The van der Waals surface area contributed by atoms with Crippen molar-refractivity contribution in [3.63, 3.8) is 0 Å². The molecule has 2 heterocycles. The average molecular weight is 374 g/mol. The smallest absolute Gasteiger partial charge is 0.244 e. The maximum absolute atomic E-state index is 12.6. The first kappa shape index (κ1) is 17.9. The summed E-state index contributed by atoms with van der Waals surface area (Å²) in [7, 11) is -3.43. The van der Waals surface area contributed by atoms with E-state index in [1.807, 2.05) is 18.2 Å². The van der Waals surface area contributed by atoms with Crippen molar-refractivity contribution in [2.75, 3.05) is 13.1 Å². The van der Waals surface area contributed by atoms with Crippen molar-refractivity contribution < 1.29 is 8.42 Å². The normalized spacial score (nSPS) is 15.6. The highest BCUT2D eigenvalue weighted by Crippen LogP contribution is 2.24. The second kappa shape index (κ2) is 8.00. The van der Waals surface area contributed by atoms with Gasteiger partial charge in [0.25, 0.3) is 0 Å². The van der Waals surface area contributed by atoms with Crippen LogP contribution in [0.1, 0.15) is 30.4 Å². The molecule has 3 rings (SSSR count). The Labute approximate surface area is 152 Å². The number of hydrogen-bond donors (Lipinski definition) is 0. The van der Waals surface area contributed by atoms with E-state index >= 15 is 0 Å². The van der Waals surface area contributed by atoms with Gasteiger partial charge in [0.1, 0.15) is 4.90 Å². The molecule has 130 valence electrons. The summed E-state index contributed by atoms with van der Waals surface area (Å²) < 4.78 is 26.7. The standard InChI is InChI=1S/C18H19N3O2S2/c19-12-15-5-4-6-16(11-15)14-24-18-8-7-17(13-20-18)25(22,23)21-9-2-1-3-10-21/h4-8,11,13H,1-3,9-10,14H2. The van der Waals surface area contributed by atoms with Gasteiger partial charge in [-0.25, -0.2) is 13.4 Å². The van der Waals surface area contributed by atoms with Crippen LogP contribution in [0.4, 0.5) is 0 Å². The van der Waals surface area contributed by atoms with Crippen molar-refractivity contribution in [2.45, 2.75) is 34.9 Å². The summed E-state index contributed by atoms with van der Waals surface area (Å²) in [6, 6.07) is 12.9. The molecule has 5 nitrogen and oxygen atoms in total. The summed E-state index contributed by atoms with van der Waals surface area (Å²) in [4.78, 5) is 4.54. The molecule has 1 aromatic carbocycles. The van der Waals surface area contributed by atoms with Gasteiger partial charge in [-0.1, -0.05) is 18.6 Å². The van der Waals surface area contributed by atoms with E-state index in [4.69, 9.17) is 5.26 Å². The number of pyridine rings is 1. The molecular formula is C18H19N3O2S2. The molecule has 0 bridgehead atoms. The number of nitriles is 1. The number of thioether (sulfide) groups is 1. The molecule has 1 aromatic heterocycles. The lowest BCUT2D eigenvalue weighted by Crippen LogP contribution is -2.35. The largest absolute Gasteiger partial charge is 0.249 e. The molecule has 0 radical (unpaired) electrons. The van der Waals surface area contributed by atoms with Gasteiger partial charge in [0.2, 0.25) is 10.0 Å². The minimum absolute atomic E-state index is 0.255. The second-order valence-corrected chi connectivity index (χ2v) is 8.83. The average Bonchev–Trinajstić information content (AvgIpc) is 2.67. The fourth-order valence-corrected chi connectivity index (χ4v) is 5.00. The number of aromatic nitrogens is 1. The van der Waals surface area contributed by atoms with Crippen LogP contribution in [0.3, 0.4) is 0 Å². The van der Waals surface area contributed by atoms with Crippen LogP contribution in [0.25, 0.3) is 0 Å². The summed E-state index contributed by atoms with van der Waals surface area (Å²) in [6.45, 7) is 1.18. The highest BCUT2D eigenvalue weighted by Gasteiger charge is 2.26. The highest BCUT2D eigenvalue weighted by molar-refractivity contribution is 7.98. The summed E-state index contributed by atoms with van der Waals surface area (Å²) in [5.74, 6) is 0.681. The lowest BCUT2D eigenvalue weighted by atomic mass is 10.2. The van der Waals surface area contributed by atoms with E-state index < -0.39 is 10.0 Å². The Morgan fingerprint density at radius 1 is 1.16 bits per heavy atom. The van der Waals surface area contributed by atoms with Crippen molar-refractivity contribution in [1.29, 1.82) is 5.26 Å². The maximum atomic E-state index is 12.6. The van der Waals surface area contributed by atoms with Gasteiger partial charge in [-0.2, -0.15) is 9.57 Å². The summed E-state index contributed by atoms with van der Waals surface area (Å²) in [5.41, 5.74) is 1.67. The molecule has 1 aliphatic rings. The van der Waals surface area contributed by atoms with Gasteiger partial charge >= 0.3 is 0 Å². The maximum Gasteiger partial charge on any atom is 0.244 e. The molecule has 1 fully saturated rings. The zero-order valence-electron chi connectivity index (χ0n) is 13.8. The Balaban J connectivity index is 1.66. The lowest BCUT2D eigenvalue weighted by molar-refractivity contribution is 0.346. The lowest BCUT2D eigenvalue weighted by Gasteiger charge is -2.25. The van der Waals surface area contributed by atoms with Crippen LogP contribution in [0.15, 0.2) is 52.5 Å². The predicted molar refractivity (Wildman–Crippen MR) is 97.6 cm³/mol. The van der Waals surface area contributed by atoms with Gasteiger partial charge in [-0.3, -0.25) is 0 Å². The third kappa shape index (κ3) is 4.40. The first-order valence-electron chi connectivity index (χ1n) is 8.17. The number of hydrogen-bond acceptors (Lipinski definition) is 5. The molecule has 7 heteroatoms. The Bertz CT molecular complexity index is 868. The summed E-state index contributed by atoms with van der Waals surface area (Å²) in [6.07, 6.45) is 4.37. The number of nitrogens with zero attached hydrogens (tertiary/aromatic N) is 3. The van der Waals surface area contributed by atoms with Crippen molar-refractivity contribution in [3.8, 4) is 6.07 Å². The van der Waals surface area contributed by atoms with Gasteiger partial charge in [-0.05, 0) is 42.7 Å². The minimum Gasteiger partial charge on any atom is -0.249 e. The molecule has 0 unspecified atom stereocenters. The van der Waals surface area contributed by atoms with E-state index in [0.717, 1.165) is 29.9 Å². The molecule has 1 aliphatic heterocycles. The van der Waals surface area contributed by atoms with Crippen LogP contribution in [0.2, 0.25) is 0 Å². The van der Waals surface area contributed by atoms with Crippen LogP contribution >= 0.6 is 11.8 Å². The molecule has 0 aliphatic carbocycles. The third-order valence-corrected chi connectivity index (χ3v) is 7.00. The Morgan fingerprint density at radius 3 is 2.64 bits per heavy atom. The minimum atomic E-state index is -3.43. The van der Waals surface area contributed by atoms with Gasteiger partial charge in [0, 0.05) is 25.0 Å². The van der Waals surface area contributed by atoms with Crippen molar-refractivity contribution in [2.24, 2.45) is 0 Å². The van der Waals surface area contributed by atoms with E-state index in [2.05, 4.69) is 11.1 Å². The highest BCUT2D eigenvalue weighted by atomic mass is 32.2. The number of sulfonamides is 1. The molecule has 0 N–H and O–H groups in total. The van der Waals surface area contributed by atoms with E-state index in [1.54, 1.807) is 22.5 Å².